The van der Waals surface area contributed by atoms with Crippen LogP contribution in [0, 0.1) is 13.8 Å². The third-order valence-electron chi connectivity index (χ3n) is 3.25. The Morgan fingerprint density at radius 3 is 2.52 bits per heavy atom. The minimum Gasteiger partial charge on any atom is -0.483 e. The molecule has 0 bridgehead atoms. The van der Waals surface area contributed by atoms with Crippen molar-refractivity contribution in [3.05, 3.63) is 58.1 Å². The average Bonchev–Trinajstić information content (AvgIpc) is 2.48. The van der Waals surface area contributed by atoms with Gasteiger partial charge in [0.05, 0.1) is 5.56 Å². The number of nitrogens with one attached hydrogen (secondary N) is 1. The van der Waals surface area contributed by atoms with Crippen molar-refractivity contribution in [1.82, 2.24) is 0 Å². The van der Waals surface area contributed by atoms with E-state index in [0.717, 1.165) is 11.1 Å². The summed E-state index contributed by atoms with van der Waals surface area (Å²) in [6.07, 6.45) is 0. The number of ether oxygens (including phenoxy) is 1. The molecule has 120 valence electrons. The minimum absolute atomic E-state index is 0.111. The lowest BCUT2D eigenvalue weighted by Gasteiger charge is -2.11. The number of carbonyl (C=O) groups excluding carboxylic acids is 1. The van der Waals surface area contributed by atoms with Crippen molar-refractivity contribution in [2.75, 3.05) is 11.9 Å². The normalized spacial score (nSPS) is 10.2. The van der Waals surface area contributed by atoms with Crippen molar-refractivity contribution in [3.8, 4) is 5.75 Å². The first-order valence-electron chi connectivity index (χ1n) is 6.89. The highest BCUT2D eigenvalue weighted by Gasteiger charge is 2.10. The summed E-state index contributed by atoms with van der Waals surface area (Å²) in [7, 11) is 0. The Morgan fingerprint density at radius 2 is 1.87 bits per heavy atom. The molecule has 6 heteroatoms. The van der Waals surface area contributed by atoms with Crippen molar-refractivity contribution >= 4 is 29.2 Å². The van der Waals surface area contributed by atoms with Gasteiger partial charge in [0.2, 0.25) is 0 Å². The van der Waals surface area contributed by atoms with Crippen molar-refractivity contribution in [2.45, 2.75) is 13.8 Å². The molecule has 0 aromatic heterocycles. The number of hydrogen-bond acceptors (Lipinski definition) is 3. The monoisotopic (exact) mass is 333 g/mol. The molecule has 1 amide bonds. The van der Waals surface area contributed by atoms with Crippen molar-refractivity contribution < 1.29 is 19.4 Å². The maximum absolute atomic E-state index is 12.0. The van der Waals surface area contributed by atoms with Crippen LogP contribution in [0.1, 0.15) is 21.5 Å². The van der Waals surface area contributed by atoms with E-state index in [1.807, 2.05) is 6.92 Å². The van der Waals surface area contributed by atoms with Gasteiger partial charge in [-0.1, -0.05) is 17.7 Å². The van der Waals surface area contributed by atoms with E-state index in [1.54, 1.807) is 31.2 Å². The largest absolute Gasteiger partial charge is 0.483 e. The van der Waals surface area contributed by atoms with Crippen LogP contribution in [0.5, 0.6) is 5.75 Å². The van der Waals surface area contributed by atoms with Gasteiger partial charge in [-0.3, -0.25) is 4.79 Å². The number of aromatic carboxylic acids is 1. The summed E-state index contributed by atoms with van der Waals surface area (Å²) in [6, 6.07) is 9.67. The quantitative estimate of drug-likeness (QED) is 0.875. The predicted molar refractivity (Wildman–Crippen MR) is 88.5 cm³/mol. The first-order valence-corrected chi connectivity index (χ1v) is 7.27. The fourth-order valence-electron chi connectivity index (χ4n) is 1.99. The van der Waals surface area contributed by atoms with E-state index in [2.05, 4.69) is 5.32 Å². The van der Waals surface area contributed by atoms with Crippen LogP contribution in [0.15, 0.2) is 36.4 Å². The Morgan fingerprint density at radius 1 is 1.13 bits per heavy atom. The summed E-state index contributed by atoms with van der Waals surface area (Å²) in [5.41, 5.74) is 2.16. The van der Waals surface area contributed by atoms with E-state index in [9.17, 15) is 9.59 Å². The van der Waals surface area contributed by atoms with Crippen LogP contribution in [-0.2, 0) is 4.79 Å². The number of carboxylic acids is 1. The molecular formula is C17H16ClNO4. The van der Waals surface area contributed by atoms with Crippen LogP contribution in [0.4, 0.5) is 5.69 Å². The highest BCUT2D eigenvalue weighted by Crippen LogP contribution is 2.22. The molecule has 2 aromatic carbocycles. The first-order chi connectivity index (χ1) is 10.9. The summed E-state index contributed by atoms with van der Waals surface area (Å²) < 4.78 is 5.46. The molecule has 2 aromatic rings. The van der Waals surface area contributed by atoms with E-state index in [-0.39, 0.29) is 18.1 Å². The zero-order chi connectivity index (χ0) is 17.0. The van der Waals surface area contributed by atoms with E-state index in [4.69, 9.17) is 21.4 Å². The fourth-order valence-corrected chi connectivity index (χ4v) is 2.22. The zero-order valence-electron chi connectivity index (χ0n) is 12.7. The highest BCUT2D eigenvalue weighted by atomic mass is 35.5. The van der Waals surface area contributed by atoms with Gasteiger partial charge in [-0.2, -0.15) is 0 Å². The van der Waals surface area contributed by atoms with Gasteiger partial charge in [0.15, 0.2) is 6.61 Å². The van der Waals surface area contributed by atoms with Gasteiger partial charge in [0.1, 0.15) is 5.75 Å². The number of benzene rings is 2. The second-order valence-corrected chi connectivity index (χ2v) is 5.52. The molecule has 23 heavy (non-hydrogen) atoms. The van der Waals surface area contributed by atoms with Gasteiger partial charge in [0.25, 0.3) is 5.91 Å². The van der Waals surface area contributed by atoms with Gasteiger partial charge in [-0.25, -0.2) is 4.79 Å². The van der Waals surface area contributed by atoms with Gasteiger partial charge >= 0.3 is 5.97 Å². The van der Waals surface area contributed by atoms with Gasteiger partial charge in [-0.05, 0) is 55.3 Å². The third-order valence-corrected chi connectivity index (χ3v) is 3.49. The predicted octanol–water partition coefficient (Wildman–Crippen LogP) is 3.67. The minimum atomic E-state index is -1.05. The molecule has 0 aliphatic heterocycles. The van der Waals surface area contributed by atoms with Crippen LogP contribution in [0.25, 0.3) is 0 Å². The molecule has 0 spiro atoms. The molecule has 2 N–H and O–H groups in total. The van der Waals surface area contributed by atoms with Crippen molar-refractivity contribution in [3.63, 3.8) is 0 Å². The number of carboxylic acid groups (broad SMARTS) is 1. The summed E-state index contributed by atoms with van der Waals surface area (Å²) in [5, 5.41) is 12.2. The molecule has 0 saturated carbocycles. The Labute approximate surface area is 138 Å². The first kappa shape index (κ1) is 16.8. The number of anilines is 1. The van der Waals surface area contributed by atoms with Crippen LogP contribution in [0.3, 0.4) is 0 Å². The Balaban J connectivity index is 2.02. The molecule has 0 aliphatic carbocycles. The molecule has 0 aliphatic rings. The molecule has 2 rings (SSSR count). The standard InChI is InChI=1S/C17H16ClNO4/c1-10-3-4-12(17(21)22)8-14(10)19-16(20)9-23-15-6-5-13(18)7-11(15)2/h3-8H,9H2,1-2H3,(H,19,20)(H,21,22). The molecule has 0 heterocycles. The summed E-state index contributed by atoms with van der Waals surface area (Å²) >= 11 is 5.86. The van der Waals surface area contributed by atoms with Crippen LogP contribution in [0.2, 0.25) is 5.02 Å². The van der Waals surface area contributed by atoms with Gasteiger partial charge in [0, 0.05) is 10.7 Å². The van der Waals surface area contributed by atoms with Crippen LogP contribution >= 0.6 is 11.6 Å². The number of aryl methyl sites for hydroxylation is 2. The Hall–Kier alpha value is -2.53. The maximum Gasteiger partial charge on any atom is 0.335 e. The molecule has 0 saturated heterocycles. The van der Waals surface area contributed by atoms with Gasteiger partial charge < -0.3 is 15.2 Å². The Bertz CT molecular complexity index is 758. The lowest BCUT2D eigenvalue weighted by molar-refractivity contribution is -0.118. The van der Waals surface area contributed by atoms with Crippen LogP contribution < -0.4 is 10.1 Å². The molecule has 0 fully saturated rings. The lowest BCUT2D eigenvalue weighted by Crippen LogP contribution is -2.21. The molecule has 0 unspecified atom stereocenters. The van der Waals surface area contributed by atoms with Crippen molar-refractivity contribution in [2.24, 2.45) is 0 Å². The smallest absolute Gasteiger partial charge is 0.335 e. The lowest BCUT2D eigenvalue weighted by atomic mass is 10.1. The maximum atomic E-state index is 12.0. The zero-order valence-corrected chi connectivity index (χ0v) is 13.5. The highest BCUT2D eigenvalue weighted by molar-refractivity contribution is 6.30. The van der Waals surface area contributed by atoms with E-state index in [0.29, 0.717) is 16.5 Å². The average molecular weight is 334 g/mol. The fraction of sp³-hybridized carbons (Fsp3) is 0.176. The molecule has 5 nitrogen and oxygen atoms in total. The SMILES string of the molecule is Cc1ccc(C(=O)O)cc1NC(=O)COc1ccc(Cl)cc1C. The Kier molecular flexibility index (Phi) is 5.24. The number of rotatable bonds is 5. The van der Waals surface area contributed by atoms with E-state index in [1.165, 1.54) is 12.1 Å². The molecular weight excluding hydrogens is 318 g/mol. The van der Waals surface area contributed by atoms with Crippen LogP contribution in [-0.4, -0.2) is 23.6 Å². The second-order valence-electron chi connectivity index (χ2n) is 5.08. The summed E-state index contributed by atoms with van der Waals surface area (Å²) in [4.78, 5) is 23.0. The van der Waals surface area contributed by atoms with Crippen molar-refractivity contribution in [1.29, 1.82) is 0 Å². The van der Waals surface area contributed by atoms with Gasteiger partial charge in [-0.15, -0.1) is 0 Å². The number of amides is 1. The van der Waals surface area contributed by atoms with E-state index >= 15 is 0 Å². The summed E-state index contributed by atoms with van der Waals surface area (Å²) in [6.45, 7) is 3.43. The second kappa shape index (κ2) is 7.15. The number of carbonyl (C=O) groups is 2. The number of hydrogen-bond donors (Lipinski definition) is 2. The molecule has 0 atom stereocenters. The number of halogens is 1. The third kappa shape index (κ3) is 4.47. The van der Waals surface area contributed by atoms with E-state index < -0.39 is 5.97 Å². The molecule has 0 radical (unpaired) electrons. The topological polar surface area (TPSA) is 75.6 Å². The summed E-state index contributed by atoms with van der Waals surface area (Å²) in [5.74, 6) is -0.848.